The van der Waals surface area contributed by atoms with Crippen LogP contribution in [0, 0.1) is 17.8 Å². The highest BCUT2D eigenvalue weighted by atomic mass is 19.4. The molecule has 1 aromatic carbocycles. The molecule has 2 aromatic rings. The molecule has 0 bridgehead atoms. The summed E-state index contributed by atoms with van der Waals surface area (Å²) < 4.78 is 44.5. The summed E-state index contributed by atoms with van der Waals surface area (Å²) in [5, 5.41) is 9.45. The third-order valence-electron chi connectivity index (χ3n) is 6.09. The minimum atomic E-state index is -4.45. The SMILES string of the molecule is C[C@H](C(=O)O)[C@H](c1cccc(OCC2CN(c3cccc(C(F)(F)F)n3)C2)c1)C1CC1. The molecule has 1 saturated heterocycles. The van der Waals surface area contributed by atoms with E-state index in [2.05, 4.69) is 4.98 Å². The smallest absolute Gasteiger partial charge is 0.433 e. The molecule has 2 fully saturated rings. The Bertz CT molecular complexity index is 940. The Morgan fingerprint density at radius 2 is 1.94 bits per heavy atom. The van der Waals surface area contributed by atoms with Crippen molar-refractivity contribution in [2.45, 2.75) is 31.9 Å². The summed E-state index contributed by atoms with van der Waals surface area (Å²) in [4.78, 5) is 17.0. The number of carboxylic acids is 1. The summed E-state index contributed by atoms with van der Waals surface area (Å²) in [5.41, 5.74) is 0.0978. The molecule has 2 atom stereocenters. The van der Waals surface area contributed by atoms with Gasteiger partial charge < -0.3 is 14.7 Å². The first-order valence-corrected chi connectivity index (χ1v) is 10.5. The van der Waals surface area contributed by atoms with E-state index in [0.717, 1.165) is 24.5 Å². The Kier molecular flexibility index (Phi) is 5.81. The van der Waals surface area contributed by atoms with Gasteiger partial charge >= 0.3 is 12.1 Å². The first-order chi connectivity index (χ1) is 14.7. The van der Waals surface area contributed by atoms with Crippen LogP contribution in [-0.2, 0) is 11.0 Å². The molecule has 1 aliphatic heterocycles. The standard InChI is InChI=1S/C23H25F3N2O3/c1-14(22(29)30)21(16-8-9-16)17-4-2-5-18(10-17)31-13-15-11-28(12-15)20-7-3-6-19(27-20)23(24,25)26/h2-7,10,14-16,21H,8-9,11-13H2,1H3,(H,29,30)/t14-,21-/m0/s1. The summed E-state index contributed by atoms with van der Waals surface area (Å²) in [6.45, 7) is 3.36. The number of hydrogen-bond donors (Lipinski definition) is 1. The number of aromatic nitrogens is 1. The number of halogens is 3. The van der Waals surface area contributed by atoms with Crippen molar-refractivity contribution in [3.05, 3.63) is 53.7 Å². The van der Waals surface area contributed by atoms with Crippen molar-refractivity contribution >= 4 is 11.8 Å². The summed E-state index contributed by atoms with van der Waals surface area (Å²) in [5.74, 6) is 0.342. The van der Waals surface area contributed by atoms with Crippen molar-refractivity contribution in [2.75, 3.05) is 24.6 Å². The van der Waals surface area contributed by atoms with E-state index in [1.807, 2.05) is 24.3 Å². The molecule has 2 heterocycles. The van der Waals surface area contributed by atoms with E-state index in [0.29, 0.717) is 37.2 Å². The number of aliphatic carboxylic acids is 1. The number of pyridine rings is 1. The van der Waals surface area contributed by atoms with Crippen LogP contribution in [0.15, 0.2) is 42.5 Å². The molecule has 1 N–H and O–H groups in total. The van der Waals surface area contributed by atoms with Crippen LogP contribution >= 0.6 is 0 Å². The van der Waals surface area contributed by atoms with Gasteiger partial charge in [-0.25, -0.2) is 4.98 Å². The zero-order chi connectivity index (χ0) is 22.2. The van der Waals surface area contributed by atoms with E-state index >= 15 is 0 Å². The number of nitrogens with zero attached hydrogens (tertiary/aromatic N) is 2. The number of carbonyl (C=O) groups is 1. The number of ether oxygens (including phenoxy) is 1. The molecule has 8 heteroatoms. The quantitative estimate of drug-likeness (QED) is 0.645. The fraction of sp³-hybridized carbons (Fsp3) is 0.478. The topological polar surface area (TPSA) is 62.7 Å². The molecule has 0 spiro atoms. The zero-order valence-corrected chi connectivity index (χ0v) is 17.2. The zero-order valence-electron chi connectivity index (χ0n) is 17.2. The third kappa shape index (κ3) is 4.94. The Labute approximate surface area is 178 Å². The normalized spacial score (nSPS) is 18.9. The molecule has 1 saturated carbocycles. The van der Waals surface area contributed by atoms with Gasteiger partial charge in [-0.1, -0.05) is 25.1 Å². The van der Waals surface area contributed by atoms with Gasteiger partial charge in [0, 0.05) is 19.0 Å². The van der Waals surface area contributed by atoms with E-state index in [9.17, 15) is 23.1 Å². The van der Waals surface area contributed by atoms with Gasteiger partial charge in [0.1, 0.15) is 17.3 Å². The second-order valence-electron chi connectivity index (χ2n) is 8.52. The van der Waals surface area contributed by atoms with Gasteiger partial charge in [-0.2, -0.15) is 13.2 Å². The van der Waals surface area contributed by atoms with Crippen molar-refractivity contribution in [1.29, 1.82) is 0 Å². The fourth-order valence-electron chi connectivity index (χ4n) is 4.22. The van der Waals surface area contributed by atoms with E-state index < -0.39 is 23.8 Å². The first-order valence-electron chi connectivity index (χ1n) is 10.5. The molecule has 4 rings (SSSR count). The average Bonchev–Trinajstić information content (AvgIpc) is 3.52. The molecule has 2 aliphatic rings. The van der Waals surface area contributed by atoms with E-state index in [1.165, 1.54) is 6.07 Å². The van der Waals surface area contributed by atoms with Crippen LogP contribution in [0.25, 0.3) is 0 Å². The van der Waals surface area contributed by atoms with E-state index in [4.69, 9.17) is 4.74 Å². The average molecular weight is 434 g/mol. The molecule has 5 nitrogen and oxygen atoms in total. The van der Waals surface area contributed by atoms with Crippen LogP contribution in [0.4, 0.5) is 19.0 Å². The fourth-order valence-corrected chi connectivity index (χ4v) is 4.22. The number of carboxylic acid groups (broad SMARTS) is 1. The van der Waals surface area contributed by atoms with Gasteiger partial charge in [-0.05, 0) is 54.5 Å². The maximum absolute atomic E-state index is 12.8. The van der Waals surface area contributed by atoms with Crippen molar-refractivity contribution < 1.29 is 27.8 Å². The molecular formula is C23H25F3N2O3. The highest BCUT2D eigenvalue weighted by Gasteiger charge is 2.39. The molecule has 31 heavy (non-hydrogen) atoms. The largest absolute Gasteiger partial charge is 0.493 e. The Morgan fingerprint density at radius 1 is 1.23 bits per heavy atom. The lowest BCUT2D eigenvalue weighted by Gasteiger charge is -2.40. The lowest BCUT2D eigenvalue weighted by molar-refractivity contribution is -0.142. The highest BCUT2D eigenvalue weighted by molar-refractivity contribution is 5.71. The molecule has 1 aromatic heterocycles. The number of benzene rings is 1. The molecule has 0 unspecified atom stereocenters. The molecule has 0 radical (unpaired) electrons. The van der Waals surface area contributed by atoms with Gasteiger partial charge in [-0.15, -0.1) is 0 Å². The van der Waals surface area contributed by atoms with Crippen LogP contribution in [0.2, 0.25) is 0 Å². The van der Waals surface area contributed by atoms with Gasteiger partial charge in [0.15, 0.2) is 0 Å². The number of hydrogen-bond acceptors (Lipinski definition) is 4. The minimum Gasteiger partial charge on any atom is -0.493 e. The minimum absolute atomic E-state index is 0.0211. The summed E-state index contributed by atoms with van der Waals surface area (Å²) in [6, 6.07) is 11.5. The summed E-state index contributed by atoms with van der Waals surface area (Å²) >= 11 is 0. The Morgan fingerprint density at radius 3 is 2.58 bits per heavy atom. The van der Waals surface area contributed by atoms with Crippen molar-refractivity contribution in [3.8, 4) is 5.75 Å². The highest BCUT2D eigenvalue weighted by Crippen LogP contribution is 2.47. The monoisotopic (exact) mass is 434 g/mol. The second kappa shape index (κ2) is 8.40. The maximum Gasteiger partial charge on any atom is 0.433 e. The van der Waals surface area contributed by atoms with Crippen LogP contribution in [0.5, 0.6) is 5.75 Å². The van der Waals surface area contributed by atoms with Crippen molar-refractivity contribution in [2.24, 2.45) is 17.8 Å². The molecule has 1 aliphatic carbocycles. The Hall–Kier alpha value is -2.77. The predicted octanol–water partition coefficient (Wildman–Crippen LogP) is 4.83. The third-order valence-corrected chi connectivity index (χ3v) is 6.09. The van der Waals surface area contributed by atoms with Crippen molar-refractivity contribution in [3.63, 3.8) is 0 Å². The van der Waals surface area contributed by atoms with Crippen molar-refractivity contribution in [1.82, 2.24) is 4.98 Å². The molecular weight excluding hydrogens is 409 g/mol. The van der Waals surface area contributed by atoms with Crippen LogP contribution in [0.3, 0.4) is 0 Å². The predicted molar refractivity (Wildman–Crippen MR) is 109 cm³/mol. The maximum atomic E-state index is 12.8. The second-order valence-corrected chi connectivity index (χ2v) is 8.52. The lowest BCUT2D eigenvalue weighted by atomic mass is 9.83. The van der Waals surface area contributed by atoms with Crippen LogP contribution < -0.4 is 9.64 Å². The van der Waals surface area contributed by atoms with E-state index in [-0.39, 0.29) is 11.8 Å². The number of anilines is 1. The van der Waals surface area contributed by atoms with E-state index in [1.54, 1.807) is 17.9 Å². The van der Waals surface area contributed by atoms with Gasteiger partial charge in [0.05, 0.1) is 12.5 Å². The van der Waals surface area contributed by atoms with Gasteiger partial charge in [0.25, 0.3) is 0 Å². The number of rotatable bonds is 8. The summed E-state index contributed by atoms with van der Waals surface area (Å²) in [6.07, 6.45) is -2.35. The molecule has 0 amide bonds. The van der Waals surface area contributed by atoms with Crippen LogP contribution in [-0.4, -0.2) is 35.8 Å². The van der Waals surface area contributed by atoms with Gasteiger partial charge in [0.2, 0.25) is 0 Å². The lowest BCUT2D eigenvalue weighted by Crippen LogP contribution is -2.49. The van der Waals surface area contributed by atoms with Gasteiger partial charge in [-0.3, -0.25) is 4.79 Å². The Balaban J connectivity index is 1.33. The number of alkyl halides is 3. The van der Waals surface area contributed by atoms with Crippen LogP contribution in [0.1, 0.15) is 36.9 Å². The first kappa shape index (κ1) is 21.5. The summed E-state index contributed by atoms with van der Waals surface area (Å²) in [7, 11) is 0. The molecule has 166 valence electrons.